The van der Waals surface area contributed by atoms with Crippen LogP contribution in [-0.2, 0) is 6.61 Å². The molecule has 0 radical (unpaired) electrons. The largest absolute Gasteiger partial charge is 0.496 e. The van der Waals surface area contributed by atoms with Gasteiger partial charge in [0.05, 0.1) is 13.7 Å². The standard InChI is InChI=1S/C16H16O4/c1-11(18)16-14(19-2)4-3-5-15(16)20-13-8-6-12(10-17)7-9-13/h3-9,17H,10H2,1-2H3. The van der Waals surface area contributed by atoms with Crippen LogP contribution in [0.4, 0.5) is 0 Å². The predicted octanol–water partition coefficient (Wildman–Crippen LogP) is 3.18. The van der Waals surface area contributed by atoms with E-state index in [9.17, 15) is 4.79 Å². The van der Waals surface area contributed by atoms with Gasteiger partial charge in [-0.2, -0.15) is 0 Å². The maximum atomic E-state index is 11.7. The molecule has 1 N–H and O–H groups in total. The third-order valence-corrected chi connectivity index (χ3v) is 2.89. The van der Waals surface area contributed by atoms with E-state index in [0.717, 1.165) is 5.56 Å². The summed E-state index contributed by atoms with van der Waals surface area (Å²) in [5.41, 5.74) is 1.22. The summed E-state index contributed by atoms with van der Waals surface area (Å²) in [5.74, 6) is 1.41. The van der Waals surface area contributed by atoms with E-state index in [1.807, 2.05) is 0 Å². The number of carbonyl (C=O) groups excluding carboxylic acids is 1. The lowest BCUT2D eigenvalue weighted by molar-refractivity contribution is 0.101. The van der Waals surface area contributed by atoms with Crippen molar-refractivity contribution in [1.82, 2.24) is 0 Å². The summed E-state index contributed by atoms with van der Waals surface area (Å²) >= 11 is 0. The van der Waals surface area contributed by atoms with Crippen LogP contribution in [0.5, 0.6) is 17.2 Å². The molecule has 0 aliphatic heterocycles. The van der Waals surface area contributed by atoms with Gasteiger partial charge in [0.25, 0.3) is 0 Å². The Bertz CT molecular complexity index is 602. The minimum absolute atomic E-state index is 0.0157. The molecule has 0 bridgehead atoms. The molecule has 0 spiro atoms. The molecule has 4 heteroatoms. The van der Waals surface area contributed by atoms with E-state index in [4.69, 9.17) is 14.6 Å². The number of benzene rings is 2. The summed E-state index contributed by atoms with van der Waals surface area (Å²) in [6, 6.07) is 12.2. The number of Topliss-reactive ketones (excluding diaryl/α,β-unsaturated/α-hetero) is 1. The first-order valence-electron chi connectivity index (χ1n) is 6.21. The Labute approximate surface area is 117 Å². The zero-order valence-electron chi connectivity index (χ0n) is 11.4. The average Bonchev–Trinajstić information content (AvgIpc) is 2.47. The van der Waals surface area contributed by atoms with Crippen LogP contribution in [0.2, 0.25) is 0 Å². The molecule has 0 heterocycles. The van der Waals surface area contributed by atoms with Gasteiger partial charge in [0.15, 0.2) is 5.78 Å². The summed E-state index contributed by atoms with van der Waals surface area (Å²) in [6.07, 6.45) is 0. The number of aliphatic hydroxyl groups excluding tert-OH is 1. The number of rotatable bonds is 5. The molecule has 0 amide bonds. The van der Waals surface area contributed by atoms with Crippen molar-refractivity contribution in [3.63, 3.8) is 0 Å². The van der Waals surface area contributed by atoms with E-state index in [-0.39, 0.29) is 12.4 Å². The Morgan fingerprint density at radius 3 is 2.30 bits per heavy atom. The van der Waals surface area contributed by atoms with Crippen molar-refractivity contribution in [1.29, 1.82) is 0 Å². The van der Waals surface area contributed by atoms with E-state index in [1.165, 1.54) is 14.0 Å². The van der Waals surface area contributed by atoms with Crippen molar-refractivity contribution in [3.05, 3.63) is 53.6 Å². The van der Waals surface area contributed by atoms with Crippen LogP contribution in [0.3, 0.4) is 0 Å². The Hall–Kier alpha value is -2.33. The van der Waals surface area contributed by atoms with E-state index in [2.05, 4.69) is 0 Å². The summed E-state index contributed by atoms with van der Waals surface area (Å²) in [6.45, 7) is 1.46. The van der Waals surface area contributed by atoms with Gasteiger partial charge in [-0.1, -0.05) is 18.2 Å². The average molecular weight is 272 g/mol. The van der Waals surface area contributed by atoms with E-state index >= 15 is 0 Å². The van der Waals surface area contributed by atoms with Gasteiger partial charge >= 0.3 is 0 Å². The second-order valence-corrected chi connectivity index (χ2v) is 4.29. The molecule has 2 rings (SSSR count). The smallest absolute Gasteiger partial charge is 0.167 e. The molecule has 2 aromatic rings. The predicted molar refractivity (Wildman–Crippen MR) is 75.4 cm³/mol. The van der Waals surface area contributed by atoms with Crippen molar-refractivity contribution >= 4 is 5.78 Å². The third-order valence-electron chi connectivity index (χ3n) is 2.89. The van der Waals surface area contributed by atoms with Crippen LogP contribution in [0.25, 0.3) is 0 Å². The Morgan fingerprint density at radius 2 is 1.75 bits per heavy atom. The highest BCUT2D eigenvalue weighted by molar-refractivity contribution is 5.99. The molecule has 0 saturated carbocycles. The summed E-state index contributed by atoms with van der Waals surface area (Å²) in [4.78, 5) is 11.7. The van der Waals surface area contributed by atoms with Gasteiger partial charge in [-0.3, -0.25) is 4.79 Å². The monoisotopic (exact) mass is 272 g/mol. The van der Waals surface area contributed by atoms with E-state index in [1.54, 1.807) is 42.5 Å². The maximum Gasteiger partial charge on any atom is 0.167 e. The van der Waals surface area contributed by atoms with Crippen molar-refractivity contribution in [3.8, 4) is 17.2 Å². The fourth-order valence-electron chi connectivity index (χ4n) is 1.90. The number of carbonyl (C=O) groups is 1. The first-order chi connectivity index (χ1) is 9.65. The summed E-state index contributed by atoms with van der Waals surface area (Å²) < 4.78 is 10.9. The maximum absolute atomic E-state index is 11.7. The lowest BCUT2D eigenvalue weighted by Crippen LogP contribution is -2.01. The molecule has 0 fully saturated rings. The number of ether oxygens (including phenoxy) is 2. The number of hydrogen-bond acceptors (Lipinski definition) is 4. The highest BCUT2D eigenvalue weighted by Gasteiger charge is 2.15. The topological polar surface area (TPSA) is 55.8 Å². The number of methoxy groups -OCH3 is 1. The molecule has 20 heavy (non-hydrogen) atoms. The Morgan fingerprint density at radius 1 is 1.10 bits per heavy atom. The summed E-state index contributed by atoms with van der Waals surface area (Å²) in [7, 11) is 1.52. The molecule has 4 nitrogen and oxygen atoms in total. The molecular weight excluding hydrogens is 256 g/mol. The fraction of sp³-hybridized carbons (Fsp3) is 0.188. The molecule has 0 atom stereocenters. The first kappa shape index (κ1) is 14.1. The Kier molecular flexibility index (Phi) is 4.38. The molecule has 0 aliphatic carbocycles. The van der Waals surface area contributed by atoms with Crippen LogP contribution in [0.1, 0.15) is 22.8 Å². The Balaban J connectivity index is 2.34. The second kappa shape index (κ2) is 6.21. The van der Waals surface area contributed by atoms with Gasteiger partial charge in [-0.05, 0) is 36.8 Å². The van der Waals surface area contributed by atoms with Gasteiger partial charge < -0.3 is 14.6 Å². The normalized spacial score (nSPS) is 10.2. The van der Waals surface area contributed by atoms with Crippen LogP contribution in [-0.4, -0.2) is 18.0 Å². The molecule has 0 saturated heterocycles. The zero-order valence-corrected chi connectivity index (χ0v) is 11.4. The number of ketones is 1. The van der Waals surface area contributed by atoms with Crippen LogP contribution in [0, 0.1) is 0 Å². The molecule has 0 unspecified atom stereocenters. The van der Waals surface area contributed by atoms with Crippen molar-refractivity contribution in [2.45, 2.75) is 13.5 Å². The minimum atomic E-state index is -0.121. The van der Waals surface area contributed by atoms with Gasteiger partial charge in [-0.25, -0.2) is 0 Å². The lowest BCUT2D eigenvalue weighted by atomic mass is 10.1. The fourth-order valence-corrected chi connectivity index (χ4v) is 1.90. The highest BCUT2D eigenvalue weighted by atomic mass is 16.5. The minimum Gasteiger partial charge on any atom is -0.496 e. The highest BCUT2D eigenvalue weighted by Crippen LogP contribution is 2.32. The van der Waals surface area contributed by atoms with Crippen LogP contribution in [0.15, 0.2) is 42.5 Å². The molecule has 2 aromatic carbocycles. The quantitative estimate of drug-likeness (QED) is 0.849. The molecule has 0 aliphatic rings. The summed E-state index contributed by atoms with van der Waals surface area (Å²) in [5, 5.41) is 9.00. The van der Waals surface area contributed by atoms with Gasteiger partial charge in [-0.15, -0.1) is 0 Å². The van der Waals surface area contributed by atoms with E-state index in [0.29, 0.717) is 22.8 Å². The van der Waals surface area contributed by atoms with Crippen LogP contribution < -0.4 is 9.47 Å². The zero-order chi connectivity index (χ0) is 14.5. The van der Waals surface area contributed by atoms with Crippen molar-refractivity contribution < 1.29 is 19.4 Å². The van der Waals surface area contributed by atoms with Crippen molar-refractivity contribution in [2.75, 3.05) is 7.11 Å². The SMILES string of the molecule is COc1cccc(Oc2ccc(CO)cc2)c1C(C)=O. The third kappa shape index (κ3) is 2.97. The van der Waals surface area contributed by atoms with Gasteiger partial charge in [0, 0.05) is 0 Å². The van der Waals surface area contributed by atoms with Crippen molar-refractivity contribution in [2.24, 2.45) is 0 Å². The van der Waals surface area contributed by atoms with Gasteiger partial charge in [0.1, 0.15) is 22.8 Å². The van der Waals surface area contributed by atoms with Crippen LogP contribution >= 0.6 is 0 Å². The van der Waals surface area contributed by atoms with Gasteiger partial charge in [0.2, 0.25) is 0 Å². The number of aliphatic hydroxyl groups is 1. The second-order valence-electron chi connectivity index (χ2n) is 4.29. The lowest BCUT2D eigenvalue weighted by Gasteiger charge is -2.12. The molecule has 104 valence electrons. The molecule has 0 aromatic heterocycles. The molecular formula is C16H16O4. The van der Waals surface area contributed by atoms with E-state index < -0.39 is 0 Å². The number of hydrogen-bond donors (Lipinski definition) is 1. The first-order valence-corrected chi connectivity index (χ1v) is 6.21.